The van der Waals surface area contributed by atoms with Gasteiger partial charge in [0, 0.05) is 10.7 Å². The fourth-order valence-corrected chi connectivity index (χ4v) is 4.75. The van der Waals surface area contributed by atoms with Gasteiger partial charge in [-0.3, -0.25) is 0 Å². The molecule has 1 atom stereocenters. The zero-order valence-corrected chi connectivity index (χ0v) is 9.44. The van der Waals surface area contributed by atoms with E-state index in [4.69, 9.17) is 10.7 Å². The summed E-state index contributed by atoms with van der Waals surface area (Å²) < 4.78 is 21.7. The van der Waals surface area contributed by atoms with E-state index in [0.29, 0.717) is 0 Å². The molecule has 0 aromatic heterocycles. The van der Waals surface area contributed by atoms with Gasteiger partial charge in [0.1, 0.15) is 0 Å². The smallest absolute Gasteiger partial charge is 0.212 e. The van der Waals surface area contributed by atoms with Crippen molar-refractivity contribution in [2.24, 2.45) is 5.41 Å². The average molecular weight is 229 g/mol. The minimum Gasteiger partial charge on any atom is -0.212 e. The van der Waals surface area contributed by atoms with Gasteiger partial charge in [0.25, 0.3) is 0 Å². The third-order valence-electron chi connectivity index (χ3n) is 2.04. The highest BCUT2D eigenvalue weighted by atomic mass is 35.7. The molecule has 72 valence electrons. The lowest BCUT2D eigenvalue weighted by Gasteiger charge is -2.31. The van der Waals surface area contributed by atoms with E-state index in [1.165, 1.54) is 0 Å². The van der Waals surface area contributed by atoms with Gasteiger partial charge in [0.15, 0.2) is 0 Å². The predicted molar refractivity (Wildman–Crippen MR) is 54.3 cm³/mol. The van der Waals surface area contributed by atoms with Crippen LogP contribution in [0.1, 0.15) is 19.8 Å². The van der Waals surface area contributed by atoms with Crippen molar-refractivity contribution in [3.63, 3.8) is 0 Å². The van der Waals surface area contributed by atoms with Crippen molar-refractivity contribution in [3.8, 4) is 0 Å². The van der Waals surface area contributed by atoms with Crippen LogP contribution < -0.4 is 0 Å². The Morgan fingerprint density at radius 1 is 1.58 bits per heavy atom. The van der Waals surface area contributed by atoms with Gasteiger partial charge in [-0.25, -0.2) is 8.42 Å². The molecular weight excluding hydrogens is 216 g/mol. The quantitative estimate of drug-likeness (QED) is 0.679. The molecule has 2 nitrogen and oxygen atoms in total. The summed E-state index contributed by atoms with van der Waals surface area (Å²) in [4.78, 5) is 0. The lowest BCUT2D eigenvalue weighted by atomic mass is 9.90. The summed E-state index contributed by atoms with van der Waals surface area (Å²) in [6.07, 6.45) is 2.08. The maximum Gasteiger partial charge on any atom is 0.233 e. The summed E-state index contributed by atoms with van der Waals surface area (Å²) in [5.74, 6) is 2.19. The van der Waals surface area contributed by atoms with Crippen LogP contribution in [0.15, 0.2) is 0 Å². The Morgan fingerprint density at radius 2 is 2.25 bits per heavy atom. The molecule has 1 saturated heterocycles. The molecule has 0 radical (unpaired) electrons. The third kappa shape index (κ3) is 3.54. The van der Waals surface area contributed by atoms with E-state index in [1.807, 2.05) is 18.7 Å². The SMILES string of the molecule is CC1(CS(=O)(=O)Cl)CCCSC1. The summed E-state index contributed by atoms with van der Waals surface area (Å²) in [6, 6.07) is 0. The first-order valence-corrected chi connectivity index (χ1v) is 7.55. The standard InChI is InChI=1S/C7H13ClO2S2/c1-7(6-12(8,9)10)3-2-4-11-5-7/h2-6H2,1H3. The molecule has 0 amide bonds. The van der Waals surface area contributed by atoms with Gasteiger partial charge in [-0.2, -0.15) is 11.8 Å². The highest BCUT2D eigenvalue weighted by Gasteiger charge is 2.31. The molecule has 0 bridgehead atoms. The van der Waals surface area contributed by atoms with E-state index in [2.05, 4.69) is 0 Å². The Hall–Kier alpha value is 0.590. The van der Waals surface area contributed by atoms with Gasteiger partial charge >= 0.3 is 0 Å². The molecule has 0 aromatic carbocycles. The number of rotatable bonds is 2. The highest BCUT2D eigenvalue weighted by molar-refractivity contribution is 8.13. The summed E-state index contributed by atoms with van der Waals surface area (Å²) in [7, 11) is 1.90. The second-order valence-corrected chi connectivity index (χ2v) is 7.53. The van der Waals surface area contributed by atoms with Crippen molar-refractivity contribution in [2.75, 3.05) is 17.3 Å². The van der Waals surface area contributed by atoms with Crippen LogP contribution in [-0.2, 0) is 9.05 Å². The first kappa shape index (κ1) is 10.7. The molecule has 5 heteroatoms. The fraction of sp³-hybridized carbons (Fsp3) is 1.00. The van der Waals surface area contributed by atoms with Crippen molar-refractivity contribution in [1.29, 1.82) is 0 Å². The molecule has 1 rings (SSSR count). The van der Waals surface area contributed by atoms with Crippen molar-refractivity contribution in [1.82, 2.24) is 0 Å². The van der Waals surface area contributed by atoms with Crippen LogP contribution in [0, 0.1) is 5.41 Å². The van der Waals surface area contributed by atoms with Crippen LogP contribution in [0.3, 0.4) is 0 Å². The minimum atomic E-state index is -3.32. The van der Waals surface area contributed by atoms with E-state index in [9.17, 15) is 8.42 Å². The topological polar surface area (TPSA) is 34.1 Å². The Bertz CT molecular complexity index is 242. The fourth-order valence-electron chi connectivity index (χ4n) is 1.52. The molecule has 1 aliphatic heterocycles. The normalized spacial score (nSPS) is 31.8. The maximum absolute atomic E-state index is 10.9. The van der Waals surface area contributed by atoms with Crippen LogP contribution in [0.25, 0.3) is 0 Å². The van der Waals surface area contributed by atoms with Crippen LogP contribution >= 0.6 is 22.4 Å². The first-order chi connectivity index (χ1) is 5.41. The zero-order chi connectivity index (χ0) is 9.24. The van der Waals surface area contributed by atoms with Gasteiger partial charge in [0.05, 0.1) is 5.75 Å². The van der Waals surface area contributed by atoms with E-state index < -0.39 is 9.05 Å². The number of hydrogen-bond donors (Lipinski definition) is 0. The molecule has 0 saturated carbocycles. The number of hydrogen-bond acceptors (Lipinski definition) is 3. The lowest BCUT2D eigenvalue weighted by Crippen LogP contribution is -2.30. The van der Waals surface area contributed by atoms with Crippen LogP contribution in [0.4, 0.5) is 0 Å². The second kappa shape index (κ2) is 3.76. The van der Waals surface area contributed by atoms with E-state index in [-0.39, 0.29) is 11.2 Å². The predicted octanol–water partition coefficient (Wildman–Crippen LogP) is 2.09. The molecule has 0 spiro atoms. The van der Waals surface area contributed by atoms with Gasteiger partial charge in [-0.1, -0.05) is 6.92 Å². The minimum absolute atomic E-state index is 0.0938. The van der Waals surface area contributed by atoms with Gasteiger partial charge in [-0.15, -0.1) is 0 Å². The molecular formula is C7H13ClO2S2. The molecule has 12 heavy (non-hydrogen) atoms. The zero-order valence-electron chi connectivity index (χ0n) is 7.05. The largest absolute Gasteiger partial charge is 0.233 e. The van der Waals surface area contributed by atoms with Crippen molar-refractivity contribution in [3.05, 3.63) is 0 Å². The third-order valence-corrected chi connectivity index (χ3v) is 4.89. The Balaban J connectivity index is 2.59. The second-order valence-electron chi connectivity index (χ2n) is 3.65. The van der Waals surface area contributed by atoms with Crippen molar-refractivity contribution in [2.45, 2.75) is 19.8 Å². The van der Waals surface area contributed by atoms with Gasteiger partial charge in [0.2, 0.25) is 9.05 Å². The van der Waals surface area contributed by atoms with Crippen molar-refractivity contribution < 1.29 is 8.42 Å². The van der Waals surface area contributed by atoms with Crippen LogP contribution in [0.5, 0.6) is 0 Å². The van der Waals surface area contributed by atoms with Crippen LogP contribution in [0.2, 0.25) is 0 Å². The Morgan fingerprint density at radius 3 is 2.67 bits per heavy atom. The molecule has 0 N–H and O–H groups in total. The number of halogens is 1. The summed E-state index contributed by atoms with van der Waals surface area (Å²) in [5, 5.41) is 0. The highest BCUT2D eigenvalue weighted by Crippen LogP contribution is 2.35. The molecule has 0 aliphatic carbocycles. The summed E-state index contributed by atoms with van der Waals surface area (Å²) in [6.45, 7) is 2.00. The van der Waals surface area contributed by atoms with Gasteiger partial charge < -0.3 is 0 Å². The monoisotopic (exact) mass is 228 g/mol. The Kier molecular flexibility index (Phi) is 3.34. The molecule has 1 heterocycles. The maximum atomic E-state index is 10.9. The van der Waals surface area contributed by atoms with E-state index in [0.717, 1.165) is 24.3 Å². The average Bonchev–Trinajstić information content (AvgIpc) is 1.83. The lowest BCUT2D eigenvalue weighted by molar-refractivity contribution is 0.376. The Labute approximate surface area is 82.5 Å². The van der Waals surface area contributed by atoms with Crippen molar-refractivity contribution >= 4 is 31.5 Å². The van der Waals surface area contributed by atoms with E-state index in [1.54, 1.807) is 0 Å². The molecule has 0 aromatic rings. The number of thioether (sulfide) groups is 1. The van der Waals surface area contributed by atoms with Gasteiger partial charge in [-0.05, 0) is 29.8 Å². The van der Waals surface area contributed by atoms with Crippen LogP contribution in [-0.4, -0.2) is 25.7 Å². The summed E-state index contributed by atoms with van der Waals surface area (Å²) >= 11 is 1.82. The molecule has 1 aliphatic rings. The summed E-state index contributed by atoms with van der Waals surface area (Å²) in [5.41, 5.74) is -0.0938. The first-order valence-electron chi connectivity index (χ1n) is 3.91. The van der Waals surface area contributed by atoms with E-state index >= 15 is 0 Å². The molecule has 1 unspecified atom stereocenters. The molecule has 1 fully saturated rings.